The van der Waals surface area contributed by atoms with Gasteiger partial charge in [-0.2, -0.15) is 5.10 Å². The topological polar surface area (TPSA) is 39.1 Å². The van der Waals surface area contributed by atoms with E-state index in [2.05, 4.69) is 28.1 Å². The maximum absolute atomic E-state index is 5.37. The molecule has 0 saturated carbocycles. The first-order valence-corrected chi connectivity index (χ1v) is 6.61. The van der Waals surface area contributed by atoms with Crippen LogP contribution in [0, 0.1) is 12.8 Å². The van der Waals surface area contributed by atoms with Gasteiger partial charge < -0.3 is 10.1 Å². The minimum Gasteiger partial charge on any atom is -0.381 e. The van der Waals surface area contributed by atoms with Gasteiger partial charge in [0, 0.05) is 26.3 Å². The summed E-state index contributed by atoms with van der Waals surface area (Å²) in [6.07, 6.45) is 2.45. The Bertz CT molecular complexity index is 342. The van der Waals surface area contributed by atoms with Crippen molar-refractivity contribution < 1.29 is 4.74 Å². The van der Waals surface area contributed by atoms with Gasteiger partial charge in [-0.1, -0.05) is 0 Å². The molecule has 4 heteroatoms. The SMILES string of the molecule is CCn1nc(C)cc1CNCCC1CCOC1. The Morgan fingerprint density at radius 3 is 3.18 bits per heavy atom. The lowest BCUT2D eigenvalue weighted by molar-refractivity contribution is 0.184. The van der Waals surface area contributed by atoms with Crippen molar-refractivity contribution >= 4 is 0 Å². The molecule has 1 aliphatic rings. The van der Waals surface area contributed by atoms with Gasteiger partial charge in [0.05, 0.1) is 11.4 Å². The fourth-order valence-corrected chi connectivity index (χ4v) is 2.35. The summed E-state index contributed by atoms with van der Waals surface area (Å²) in [6, 6.07) is 2.16. The van der Waals surface area contributed by atoms with Gasteiger partial charge in [0.2, 0.25) is 0 Å². The molecular formula is C13H23N3O. The highest BCUT2D eigenvalue weighted by molar-refractivity contribution is 5.08. The normalized spacial score (nSPS) is 20.0. The van der Waals surface area contributed by atoms with Crippen molar-refractivity contribution in [3.05, 3.63) is 17.5 Å². The average molecular weight is 237 g/mol. The fourth-order valence-electron chi connectivity index (χ4n) is 2.35. The molecule has 17 heavy (non-hydrogen) atoms. The highest BCUT2D eigenvalue weighted by Gasteiger charge is 2.14. The van der Waals surface area contributed by atoms with Gasteiger partial charge in [0.1, 0.15) is 0 Å². The van der Waals surface area contributed by atoms with Crippen molar-refractivity contribution in [2.45, 2.75) is 39.8 Å². The lowest BCUT2D eigenvalue weighted by Gasteiger charge is -2.09. The third-order valence-electron chi connectivity index (χ3n) is 3.34. The van der Waals surface area contributed by atoms with Crippen LogP contribution in [0.2, 0.25) is 0 Å². The van der Waals surface area contributed by atoms with Gasteiger partial charge in [0.15, 0.2) is 0 Å². The van der Waals surface area contributed by atoms with E-state index >= 15 is 0 Å². The summed E-state index contributed by atoms with van der Waals surface area (Å²) in [5.41, 5.74) is 2.39. The highest BCUT2D eigenvalue weighted by atomic mass is 16.5. The molecule has 0 amide bonds. The standard InChI is InChI=1S/C13H23N3O/c1-3-16-13(8-11(2)15-16)9-14-6-4-12-5-7-17-10-12/h8,12,14H,3-7,9-10H2,1-2H3. The average Bonchev–Trinajstić information content (AvgIpc) is 2.93. The molecule has 0 aromatic carbocycles. The molecule has 1 aromatic rings. The van der Waals surface area contributed by atoms with Crippen LogP contribution < -0.4 is 5.32 Å². The first kappa shape index (κ1) is 12.6. The van der Waals surface area contributed by atoms with Crippen molar-refractivity contribution in [1.29, 1.82) is 0 Å². The zero-order valence-electron chi connectivity index (χ0n) is 10.9. The second-order valence-electron chi connectivity index (χ2n) is 4.79. The Morgan fingerprint density at radius 1 is 1.59 bits per heavy atom. The molecule has 0 radical (unpaired) electrons. The van der Waals surface area contributed by atoms with Crippen LogP contribution in [0.1, 0.15) is 31.2 Å². The van der Waals surface area contributed by atoms with E-state index in [1.54, 1.807) is 0 Å². The fraction of sp³-hybridized carbons (Fsp3) is 0.769. The maximum Gasteiger partial charge on any atom is 0.0597 e. The predicted octanol–water partition coefficient (Wildman–Crippen LogP) is 1.73. The summed E-state index contributed by atoms with van der Waals surface area (Å²) in [4.78, 5) is 0. The lowest BCUT2D eigenvalue weighted by atomic mass is 10.1. The van der Waals surface area contributed by atoms with Gasteiger partial charge in [0.25, 0.3) is 0 Å². The van der Waals surface area contributed by atoms with E-state index in [-0.39, 0.29) is 0 Å². The molecule has 2 heterocycles. The largest absolute Gasteiger partial charge is 0.381 e. The molecule has 4 nitrogen and oxygen atoms in total. The van der Waals surface area contributed by atoms with Crippen LogP contribution in [-0.2, 0) is 17.8 Å². The van der Waals surface area contributed by atoms with Crippen molar-refractivity contribution in [2.24, 2.45) is 5.92 Å². The van der Waals surface area contributed by atoms with Gasteiger partial charge in [-0.25, -0.2) is 0 Å². The minimum atomic E-state index is 0.764. The second-order valence-corrected chi connectivity index (χ2v) is 4.79. The van der Waals surface area contributed by atoms with Crippen molar-refractivity contribution in [1.82, 2.24) is 15.1 Å². The molecule has 2 rings (SSSR count). The Balaban J connectivity index is 1.70. The predicted molar refractivity (Wildman–Crippen MR) is 67.9 cm³/mol. The van der Waals surface area contributed by atoms with Crippen molar-refractivity contribution in [2.75, 3.05) is 19.8 Å². The monoisotopic (exact) mass is 237 g/mol. The number of nitrogens with one attached hydrogen (secondary N) is 1. The highest BCUT2D eigenvalue weighted by Crippen LogP contribution is 2.15. The number of nitrogens with zero attached hydrogens (tertiary/aromatic N) is 2. The molecule has 1 aromatic heterocycles. The maximum atomic E-state index is 5.37. The van der Waals surface area contributed by atoms with Crippen LogP contribution in [0.3, 0.4) is 0 Å². The van der Waals surface area contributed by atoms with E-state index in [9.17, 15) is 0 Å². The molecular weight excluding hydrogens is 214 g/mol. The first-order valence-electron chi connectivity index (χ1n) is 6.61. The van der Waals surface area contributed by atoms with Crippen LogP contribution in [0.15, 0.2) is 6.07 Å². The van der Waals surface area contributed by atoms with E-state index in [4.69, 9.17) is 4.74 Å². The first-order chi connectivity index (χ1) is 8.29. The zero-order valence-corrected chi connectivity index (χ0v) is 10.9. The van der Waals surface area contributed by atoms with Gasteiger partial charge in [-0.3, -0.25) is 4.68 Å². The molecule has 0 aliphatic carbocycles. The van der Waals surface area contributed by atoms with Gasteiger partial charge in [-0.05, 0) is 45.2 Å². The number of aryl methyl sites for hydroxylation is 2. The molecule has 1 fully saturated rings. The Morgan fingerprint density at radius 2 is 2.47 bits per heavy atom. The molecule has 0 spiro atoms. The smallest absolute Gasteiger partial charge is 0.0597 e. The van der Waals surface area contributed by atoms with Crippen LogP contribution >= 0.6 is 0 Å². The molecule has 1 N–H and O–H groups in total. The molecule has 1 atom stereocenters. The number of hydrogen-bond donors (Lipinski definition) is 1. The number of rotatable bonds is 6. The molecule has 1 unspecified atom stereocenters. The Hall–Kier alpha value is -0.870. The number of ether oxygens (including phenoxy) is 1. The minimum absolute atomic E-state index is 0.764. The summed E-state index contributed by atoms with van der Waals surface area (Å²) in [7, 11) is 0. The van der Waals surface area contributed by atoms with E-state index in [1.165, 1.54) is 18.5 Å². The van der Waals surface area contributed by atoms with Crippen LogP contribution in [-0.4, -0.2) is 29.5 Å². The summed E-state index contributed by atoms with van der Waals surface area (Å²) in [5.74, 6) is 0.764. The second kappa shape index (κ2) is 6.17. The van der Waals surface area contributed by atoms with E-state index < -0.39 is 0 Å². The molecule has 1 aliphatic heterocycles. The Labute approximate surface area is 103 Å². The summed E-state index contributed by atoms with van der Waals surface area (Å²) >= 11 is 0. The van der Waals surface area contributed by atoms with E-state index in [0.717, 1.165) is 44.5 Å². The third kappa shape index (κ3) is 3.54. The summed E-state index contributed by atoms with van der Waals surface area (Å²) < 4.78 is 7.44. The number of hydrogen-bond acceptors (Lipinski definition) is 3. The van der Waals surface area contributed by atoms with E-state index in [0.29, 0.717) is 0 Å². The lowest BCUT2D eigenvalue weighted by Crippen LogP contribution is -2.20. The third-order valence-corrected chi connectivity index (χ3v) is 3.34. The molecule has 1 saturated heterocycles. The van der Waals surface area contributed by atoms with Gasteiger partial charge in [-0.15, -0.1) is 0 Å². The summed E-state index contributed by atoms with van der Waals surface area (Å²) in [5, 5.41) is 7.94. The quantitative estimate of drug-likeness (QED) is 0.766. The molecule has 0 bridgehead atoms. The molecule has 96 valence electrons. The zero-order chi connectivity index (χ0) is 12.1. The van der Waals surface area contributed by atoms with Crippen LogP contribution in [0.5, 0.6) is 0 Å². The van der Waals surface area contributed by atoms with Crippen molar-refractivity contribution in [3.8, 4) is 0 Å². The summed E-state index contributed by atoms with van der Waals surface area (Å²) in [6.45, 7) is 9.02. The Kier molecular flexibility index (Phi) is 4.57. The van der Waals surface area contributed by atoms with Crippen LogP contribution in [0.4, 0.5) is 0 Å². The van der Waals surface area contributed by atoms with Gasteiger partial charge >= 0.3 is 0 Å². The number of aromatic nitrogens is 2. The van der Waals surface area contributed by atoms with Crippen molar-refractivity contribution in [3.63, 3.8) is 0 Å². The van der Waals surface area contributed by atoms with E-state index in [1.807, 2.05) is 6.92 Å². The van der Waals surface area contributed by atoms with Crippen LogP contribution in [0.25, 0.3) is 0 Å².